The van der Waals surface area contributed by atoms with Gasteiger partial charge in [0, 0.05) is 5.75 Å². The zero-order valence-corrected chi connectivity index (χ0v) is 17.7. The molecule has 0 unspecified atom stereocenters. The van der Waals surface area contributed by atoms with Crippen molar-refractivity contribution in [1.82, 2.24) is 0 Å². The lowest BCUT2D eigenvalue weighted by molar-refractivity contribution is -0.133. The molecule has 1 aliphatic carbocycles. The number of hydrogen-bond donors (Lipinski definition) is 0. The highest BCUT2D eigenvalue weighted by atomic mass is 32.2. The maximum Gasteiger partial charge on any atom is 0.341 e. The fourth-order valence-electron chi connectivity index (χ4n) is 3.08. The van der Waals surface area contributed by atoms with Crippen LogP contribution in [0, 0.1) is 0 Å². The molecule has 1 fully saturated rings. The molecule has 1 aliphatic rings. The molecule has 0 N–H and O–H groups in total. The molecular weight excluding hydrogens is 386 g/mol. The summed E-state index contributed by atoms with van der Waals surface area (Å²) in [5.41, 5.74) is 6.30. The predicted molar refractivity (Wildman–Crippen MR) is 118 cm³/mol. The Bertz CT molecular complexity index is 919. The standard InChI is InChI=1S/C23H25NO4S/c1-26-13-21(23(25)28-3)19-7-5-4-6-17(19)14-29-15-24-22-11-10-18(27-2)12-20(22)16-8-9-16/h4-7,10-13,15-16H,8-9,14H2,1-3H3. The van der Waals surface area contributed by atoms with Gasteiger partial charge in [-0.15, -0.1) is 11.8 Å². The minimum absolute atomic E-state index is 0.398. The fraction of sp³-hybridized carbons (Fsp3) is 0.304. The second-order valence-electron chi connectivity index (χ2n) is 6.66. The van der Waals surface area contributed by atoms with Crippen LogP contribution in [0.4, 0.5) is 5.69 Å². The molecule has 0 aromatic heterocycles. The average Bonchev–Trinajstić information content (AvgIpc) is 3.60. The summed E-state index contributed by atoms with van der Waals surface area (Å²) >= 11 is 1.58. The minimum Gasteiger partial charge on any atom is -0.503 e. The maximum atomic E-state index is 12.1. The molecule has 2 aromatic carbocycles. The van der Waals surface area contributed by atoms with E-state index in [1.165, 1.54) is 38.9 Å². The van der Waals surface area contributed by atoms with E-state index in [2.05, 4.69) is 11.1 Å². The molecule has 29 heavy (non-hydrogen) atoms. The van der Waals surface area contributed by atoms with Gasteiger partial charge in [0.2, 0.25) is 0 Å². The van der Waals surface area contributed by atoms with Crippen LogP contribution in [0.3, 0.4) is 0 Å². The van der Waals surface area contributed by atoms with Crippen molar-refractivity contribution in [3.05, 3.63) is 65.4 Å². The van der Waals surface area contributed by atoms with Crippen LogP contribution in [-0.4, -0.2) is 32.8 Å². The Morgan fingerprint density at radius 3 is 2.66 bits per heavy atom. The highest BCUT2D eigenvalue weighted by Gasteiger charge is 2.26. The van der Waals surface area contributed by atoms with Gasteiger partial charge >= 0.3 is 5.97 Å². The zero-order valence-electron chi connectivity index (χ0n) is 16.9. The summed E-state index contributed by atoms with van der Waals surface area (Å²) in [6, 6.07) is 13.8. The highest BCUT2D eigenvalue weighted by Crippen LogP contribution is 2.45. The molecule has 0 spiro atoms. The number of carbonyl (C=O) groups is 1. The Kier molecular flexibility index (Phi) is 7.36. The van der Waals surface area contributed by atoms with E-state index in [0.717, 1.165) is 22.6 Å². The number of rotatable bonds is 9. The number of hydrogen-bond acceptors (Lipinski definition) is 6. The molecule has 0 heterocycles. The molecule has 0 saturated heterocycles. The predicted octanol–water partition coefficient (Wildman–Crippen LogP) is 5.33. The van der Waals surface area contributed by atoms with Gasteiger partial charge in [-0.3, -0.25) is 0 Å². The van der Waals surface area contributed by atoms with E-state index >= 15 is 0 Å². The van der Waals surface area contributed by atoms with Crippen molar-refractivity contribution in [3.63, 3.8) is 0 Å². The number of esters is 1. The van der Waals surface area contributed by atoms with Crippen LogP contribution in [0.2, 0.25) is 0 Å². The normalized spacial score (nSPS) is 14.1. The lowest BCUT2D eigenvalue weighted by Crippen LogP contribution is -2.06. The van der Waals surface area contributed by atoms with E-state index in [-0.39, 0.29) is 0 Å². The van der Waals surface area contributed by atoms with Crippen molar-refractivity contribution in [2.75, 3.05) is 21.3 Å². The average molecular weight is 412 g/mol. The molecule has 152 valence electrons. The van der Waals surface area contributed by atoms with Gasteiger partial charge in [0.05, 0.1) is 38.8 Å². The summed E-state index contributed by atoms with van der Waals surface area (Å²) in [6.07, 6.45) is 3.83. The van der Waals surface area contributed by atoms with Crippen LogP contribution in [-0.2, 0) is 20.0 Å². The van der Waals surface area contributed by atoms with Crippen LogP contribution in [0.15, 0.2) is 53.7 Å². The summed E-state index contributed by atoms with van der Waals surface area (Å²) in [5.74, 6) is 1.70. The summed E-state index contributed by atoms with van der Waals surface area (Å²) in [4.78, 5) is 16.8. The molecule has 0 atom stereocenters. The number of thioether (sulfide) groups is 1. The van der Waals surface area contributed by atoms with Crippen LogP contribution < -0.4 is 4.74 Å². The van der Waals surface area contributed by atoms with Gasteiger partial charge < -0.3 is 14.2 Å². The maximum absolute atomic E-state index is 12.1. The SMILES string of the molecule is COC=C(C(=O)OC)c1ccccc1CSC=Nc1ccc(OC)cc1C1CC1. The van der Waals surface area contributed by atoms with Crippen molar-refractivity contribution < 1.29 is 19.0 Å². The molecule has 3 rings (SSSR count). The molecule has 0 amide bonds. The van der Waals surface area contributed by atoms with Crippen molar-refractivity contribution >= 4 is 34.5 Å². The molecule has 2 aromatic rings. The highest BCUT2D eigenvalue weighted by molar-refractivity contribution is 8.11. The Morgan fingerprint density at radius 1 is 1.17 bits per heavy atom. The second kappa shape index (κ2) is 10.2. The summed E-state index contributed by atoms with van der Waals surface area (Å²) in [7, 11) is 4.56. The number of nitrogens with zero attached hydrogens (tertiary/aromatic N) is 1. The first kappa shape index (κ1) is 21.0. The Morgan fingerprint density at radius 2 is 1.97 bits per heavy atom. The Labute approximate surface area is 175 Å². The first-order valence-electron chi connectivity index (χ1n) is 9.39. The van der Waals surface area contributed by atoms with Crippen LogP contribution in [0.5, 0.6) is 5.75 Å². The summed E-state index contributed by atoms with van der Waals surface area (Å²) in [5, 5.41) is 0. The van der Waals surface area contributed by atoms with Crippen molar-refractivity contribution in [2.45, 2.75) is 24.5 Å². The van der Waals surface area contributed by atoms with E-state index in [4.69, 9.17) is 14.2 Å². The largest absolute Gasteiger partial charge is 0.503 e. The van der Waals surface area contributed by atoms with Crippen molar-refractivity contribution in [1.29, 1.82) is 0 Å². The van der Waals surface area contributed by atoms with Crippen molar-refractivity contribution in [2.24, 2.45) is 4.99 Å². The zero-order chi connectivity index (χ0) is 20.6. The molecule has 6 heteroatoms. The van der Waals surface area contributed by atoms with Gasteiger partial charge in [0.1, 0.15) is 11.3 Å². The van der Waals surface area contributed by atoms with Gasteiger partial charge in [-0.1, -0.05) is 24.3 Å². The number of benzene rings is 2. The number of methoxy groups -OCH3 is 3. The summed E-state index contributed by atoms with van der Waals surface area (Å²) < 4.78 is 15.3. The molecular formula is C23H25NO4S. The Hall–Kier alpha value is -2.73. The van der Waals surface area contributed by atoms with Crippen LogP contribution >= 0.6 is 11.8 Å². The third-order valence-electron chi connectivity index (χ3n) is 4.71. The lowest BCUT2D eigenvalue weighted by atomic mass is 10.0. The quantitative estimate of drug-likeness (QED) is 0.184. The van der Waals surface area contributed by atoms with Crippen LogP contribution in [0.1, 0.15) is 35.4 Å². The third kappa shape index (κ3) is 5.41. The number of ether oxygens (including phenoxy) is 3. The van der Waals surface area contributed by atoms with Gasteiger partial charge in [-0.2, -0.15) is 0 Å². The van der Waals surface area contributed by atoms with Gasteiger partial charge in [0.25, 0.3) is 0 Å². The smallest absolute Gasteiger partial charge is 0.341 e. The molecule has 0 bridgehead atoms. The Balaban J connectivity index is 1.73. The topological polar surface area (TPSA) is 57.1 Å². The molecule has 5 nitrogen and oxygen atoms in total. The summed E-state index contributed by atoms with van der Waals surface area (Å²) in [6.45, 7) is 0. The van der Waals surface area contributed by atoms with E-state index in [1.54, 1.807) is 18.9 Å². The third-order valence-corrected chi connectivity index (χ3v) is 5.44. The fourth-order valence-corrected chi connectivity index (χ4v) is 3.77. The second-order valence-corrected chi connectivity index (χ2v) is 7.49. The van der Waals surface area contributed by atoms with E-state index < -0.39 is 5.97 Å². The van der Waals surface area contributed by atoms with Gasteiger partial charge in [0.15, 0.2) is 0 Å². The van der Waals surface area contributed by atoms with E-state index in [0.29, 0.717) is 17.2 Å². The molecule has 0 aliphatic heterocycles. The van der Waals surface area contributed by atoms with Crippen molar-refractivity contribution in [3.8, 4) is 5.75 Å². The minimum atomic E-state index is -0.426. The van der Waals surface area contributed by atoms with E-state index in [9.17, 15) is 4.79 Å². The first-order chi connectivity index (χ1) is 14.2. The van der Waals surface area contributed by atoms with E-state index in [1.807, 2.05) is 41.9 Å². The molecule has 1 saturated carbocycles. The molecule has 0 radical (unpaired) electrons. The first-order valence-corrected chi connectivity index (χ1v) is 10.4. The number of aliphatic imine (C=N–C) groups is 1. The van der Waals surface area contributed by atoms with Gasteiger partial charge in [-0.25, -0.2) is 9.79 Å². The number of carbonyl (C=O) groups excluding carboxylic acids is 1. The lowest BCUT2D eigenvalue weighted by Gasteiger charge is -2.10. The monoisotopic (exact) mass is 411 g/mol. The van der Waals surface area contributed by atoms with Crippen LogP contribution in [0.25, 0.3) is 5.57 Å². The van der Waals surface area contributed by atoms with Gasteiger partial charge in [-0.05, 0) is 53.6 Å².